The van der Waals surface area contributed by atoms with Gasteiger partial charge in [-0.1, -0.05) is 68.8 Å². The van der Waals surface area contributed by atoms with Crippen LogP contribution in [-0.4, -0.2) is 53.7 Å². The van der Waals surface area contributed by atoms with Crippen molar-refractivity contribution in [3.8, 4) is 11.1 Å². The summed E-state index contributed by atoms with van der Waals surface area (Å²) in [6, 6.07) is 15.5. The van der Waals surface area contributed by atoms with Crippen molar-refractivity contribution in [3.63, 3.8) is 0 Å². The highest BCUT2D eigenvalue weighted by Crippen LogP contribution is 2.45. The fourth-order valence-electron chi connectivity index (χ4n) is 5.95. The molecular formula is C28H32N2O5. The Labute approximate surface area is 205 Å². The quantitative estimate of drug-likeness (QED) is 0.622. The highest BCUT2D eigenvalue weighted by atomic mass is 16.5. The summed E-state index contributed by atoms with van der Waals surface area (Å²) in [5.41, 5.74) is 4.16. The molecule has 0 bridgehead atoms. The summed E-state index contributed by atoms with van der Waals surface area (Å²) >= 11 is 0. The molecule has 2 atom stereocenters. The Bertz CT molecular complexity index is 1110. The molecule has 2 aliphatic carbocycles. The third kappa shape index (κ3) is 4.17. The number of alkyl carbamates (subject to hydrolysis) is 1. The van der Waals surface area contributed by atoms with Crippen LogP contribution in [-0.2, 0) is 14.3 Å². The molecule has 184 valence electrons. The zero-order valence-corrected chi connectivity index (χ0v) is 20.2. The molecular weight excluding hydrogens is 444 g/mol. The Morgan fingerprint density at radius 1 is 1.06 bits per heavy atom. The number of nitrogens with zero attached hydrogens (tertiary/aromatic N) is 1. The van der Waals surface area contributed by atoms with Crippen LogP contribution in [0.4, 0.5) is 4.79 Å². The van der Waals surface area contributed by atoms with Crippen LogP contribution >= 0.6 is 0 Å². The predicted octanol–water partition coefficient (Wildman–Crippen LogP) is 4.26. The van der Waals surface area contributed by atoms with Crippen molar-refractivity contribution < 1.29 is 24.2 Å². The van der Waals surface area contributed by atoms with Gasteiger partial charge < -0.3 is 20.1 Å². The Morgan fingerprint density at radius 2 is 1.66 bits per heavy atom. The lowest BCUT2D eigenvalue weighted by Crippen LogP contribution is -2.68. The molecule has 7 nitrogen and oxygen atoms in total. The standard InChI is InChI=1S/C28H32N2O5/c1-28(2)16-30(24(28)26(32)33)25(31)22(17-8-7-9-17)14-29-27(34)35-15-23-20-12-5-3-10-18(20)19-11-4-6-13-21(19)23/h3-6,10-13,17,22-24H,7-9,14-16H2,1-2H3,(H,29,34)(H,32,33). The van der Waals surface area contributed by atoms with Crippen molar-refractivity contribution >= 4 is 18.0 Å². The Hall–Kier alpha value is -3.35. The number of carbonyl (C=O) groups excluding carboxylic acids is 2. The minimum Gasteiger partial charge on any atom is -0.480 e. The van der Waals surface area contributed by atoms with E-state index in [0.29, 0.717) is 6.54 Å². The number of rotatable bonds is 7. The molecule has 2 aromatic rings. The number of carbonyl (C=O) groups is 3. The summed E-state index contributed by atoms with van der Waals surface area (Å²) in [4.78, 5) is 39.2. The molecule has 35 heavy (non-hydrogen) atoms. The second kappa shape index (κ2) is 9.02. The molecule has 3 aliphatic rings. The average molecular weight is 477 g/mol. The fourth-order valence-corrected chi connectivity index (χ4v) is 5.95. The third-order valence-corrected chi connectivity index (χ3v) is 7.99. The van der Waals surface area contributed by atoms with E-state index < -0.39 is 29.4 Å². The average Bonchev–Trinajstić information content (AvgIpc) is 3.10. The van der Waals surface area contributed by atoms with Crippen molar-refractivity contribution in [2.24, 2.45) is 17.3 Å². The molecule has 2 unspecified atom stereocenters. The minimum atomic E-state index is -0.980. The van der Waals surface area contributed by atoms with Crippen LogP contribution in [0.2, 0.25) is 0 Å². The van der Waals surface area contributed by atoms with Gasteiger partial charge in [0.15, 0.2) is 0 Å². The van der Waals surface area contributed by atoms with Gasteiger partial charge in [0, 0.05) is 24.4 Å². The van der Waals surface area contributed by atoms with Gasteiger partial charge >= 0.3 is 12.1 Å². The smallest absolute Gasteiger partial charge is 0.407 e. The minimum absolute atomic E-state index is 0.0307. The van der Waals surface area contributed by atoms with E-state index in [1.54, 1.807) is 0 Å². The van der Waals surface area contributed by atoms with Crippen molar-refractivity contribution in [2.75, 3.05) is 19.7 Å². The maximum atomic E-state index is 13.3. The number of nitrogens with one attached hydrogen (secondary N) is 1. The Kier molecular flexibility index (Phi) is 6.03. The highest BCUT2D eigenvalue weighted by molar-refractivity contribution is 5.88. The first-order chi connectivity index (χ1) is 16.8. The molecule has 0 radical (unpaired) electrons. The molecule has 2 N–H and O–H groups in total. The zero-order chi connectivity index (χ0) is 24.7. The molecule has 2 amide bonds. The number of hydrogen-bond acceptors (Lipinski definition) is 4. The Morgan fingerprint density at radius 3 is 2.17 bits per heavy atom. The van der Waals surface area contributed by atoms with Crippen LogP contribution in [0.15, 0.2) is 48.5 Å². The normalized spacial score (nSPS) is 21.2. The van der Waals surface area contributed by atoms with E-state index in [-0.39, 0.29) is 30.9 Å². The lowest BCUT2D eigenvalue weighted by Gasteiger charge is -2.53. The molecule has 1 saturated heterocycles. The topological polar surface area (TPSA) is 95.9 Å². The van der Waals surface area contributed by atoms with Gasteiger partial charge in [0.05, 0.1) is 5.92 Å². The number of amides is 2. The van der Waals surface area contributed by atoms with Crippen LogP contribution in [0.25, 0.3) is 11.1 Å². The van der Waals surface area contributed by atoms with E-state index in [1.165, 1.54) is 16.0 Å². The van der Waals surface area contributed by atoms with Gasteiger partial charge in [0.2, 0.25) is 5.91 Å². The number of likely N-dealkylation sites (tertiary alicyclic amines) is 1. The van der Waals surface area contributed by atoms with Crippen LogP contribution < -0.4 is 5.32 Å². The number of carboxylic acid groups (broad SMARTS) is 1. The van der Waals surface area contributed by atoms with E-state index in [4.69, 9.17) is 4.74 Å². The molecule has 2 fully saturated rings. The molecule has 1 saturated carbocycles. The van der Waals surface area contributed by atoms with Gasteiger partial charge in [-0.3, -0.25) is 4.79 Å². The van der Waals surface area contributed by atoms with E-state index in [0.717, 1.165) is 30.4 Å². The van der Waals surface area contributed by atoms with Crippen LogP contribution in [0, 0.1) is 17.3 Å². The second-order valence-corrected chi connectivity index (χ2v) is 10.7. The highest BCUT2D eigenvalue weighted by Gasteiger charge is 2.54. The number of carboxylic acids is 1. The summed E-state index contributed by atoms with van der Waals surface area (Å²) in [6.45, 7) is 4.51. The monoisotopic (exact) mass is 476 g/mol. The predicted molar refractivity (Wildman–Crippen MR) is 131 cm³/mol. The molecule has 2 aromatic carbocycles. The van der Waals surface area contributed by atoms with Gasteiger partial charge in [-0.25, -0.2) is 9.59 Å². The van der Waals surface area contributed by atoms with E-state index in [9.17, 15) is 19.5 Å². The molecule has 1 aliphatic heterocycles. The number of ether oxygens (including phenoxy) is 1. The summed E-state index contributed by atoms with van der Waals surface area (Å²) in [5, 5.41) is 12.4. The van der Waals surface area contributed by atoms with Crippen LogP contribution in [0.5, 0.6) is 0 Å². The van der Waals surface area contributed by atoms with E-state index >= 15 is 0 Å². The summed E-state index contributed by atoms with van der Waals surface area (Å²) < 4.78 is 5.63. The van der Waals surface area contributed by atoms with Crippen molar-refractivity contribution in [3.05, 3.63) is 59.7 Å². The first-order valence-corrected chi connectivity index (χ1v) is 12.4. The SMILES string of the molecule is CC1(C)CN(C(=O)C(CNC(=O)OCC2c3ccccc3-c3ccccc32)C2CCC2)C1C(=O)O. The van der Waals surface area contributed by atoms with Gasteiger partial charge in [-0.2, -0.15) is 0 Å². The van der Waals surface area contributed by atoms with E-state index in [1.807, 2.05) is 38.1 Å². The molecule has 5 rings (SSSR count). The van der Waals surface area contributed by atoms with Crippen molar-refractivity contribution in [1.29, 1.82) is 0 Å². The lowest BCUT2D eigenvalue weighted by molar-refractivity contribution is -0.175. The van der Waals surface area contributed by atoms with Gasteiger partial charge in [-0.05, 0) is 41.0 Å². The molecule has 7 heteroatoms. The number of hydrogen-bond donors (Lipinski definition) is 2. The lowest BCUT2D eigenvalue weighted by atomic mass is 9.71. The molecule has 0 spiro atoms. The molecule has 0 aromatic heterocycles. The third-order valence-electron chi connectivity index (χ3n) is 7.99. The van der Waals surface area contributed by atoms with Gasteiger partial charge in [-0.15, -0.1) is 0 Å². The summed E-state index contributed by atoms with van der Waals surface area (Å²) in [6.07, 6.45) is 2.32. The van der Waals surface area contributed by atoms with E-state index in [2.05, 4.69) is 29.6 Å². The maximum absolute atomic E-state index is 13.3. The van der Waals surface area contributed by atoms with Gasteiger partial charge in [0.1, 0.15) is 12.6 Å². The second-order valence-electron chi connectivity index (χ2n) is 10.7. The number of aliphatic carboxylic acids is 1. The first-order valence-electron chi connectivity index (χ1n) is 12.4. The fraction of sp³-hybridized carbons (Fsp3) is 0.464. The van der Waals surface area contributed by atoms with Gasteiger partial charge in [0.25, 0.3) is 0 Å². The Balaban J connectivity index is 1.21. The molecule has 1 heterocycles. The summed E-state index contributed by atoms with van der Waals surface area (Å²) in [7, 11) is 0. The van der Waals surface area contributed by atoms with Crippen molar-refractivity contribution in [2.45, 2.75) is 45.1 Å². The van der Waals surface area contributed by atoms with Crippen LogP contribution in [0.3, 0.4) is 0 Å². The van der Waals surface area contributed by atoms with Crippen molar-refractivity contribution in [1.82, 2.24) is 10.2 Å². The zero-order valence-electron chi connectivity index (χ0n) is 20.2. The maximum Gasteiger partial charge on any atom is 0.407 e. The summed E-state index contributed by atoms with van der Waals surface area (Å²) in [5.74, 6) is -1.46. The first kappa shape index (κ1) is 23.4. The number of benzene rings is 2. The van der Waals surface area contributed by atoms with Crippen LogP contribution in [0.1, 0.15) is 50.2 Å². The number of fused-ring (bicyclic) bond motifs is 3. The largest absolute Gasteiger partial charge is 0.480 e.